The van der Waals surface area contributed by atoms with Gasteiger partial charge in [0, 0.05) is 13.7 Å². The van der Waals surface area contributed by atoms with Crippen molar-refractivity contribution in [3.63, 3.8) is 0 Å². The average molecular weight is 259 g/mol. The van der Waals surface area contributed by atoms with E-state index in [2.05, 4.69) is 41.7 Å². The second-order valence-corrected chi connectivity index (χ2v) is 5.19. The number of rotatable bonds is 8. The zero-order valence-electron chi connectivity index (χ0n) is 11.9. The molecule has 1 N–H and O–H groups in total. The monoisotopic (exact) mass is 259 g/mol. The Morgan fingerprint density at radius 2 is 2.11 bits per heavy atom. The number of hydrogen-bond acceptors (Lipinski definition) is 2. The van der Waals surface area contributed by atoms with E-state index in [9.17, 15) is 0 Å². The van der Waals surface area contributed by atoms with E-state index in [0.29, 0.717) is 0 Å². The molecule has 0 spiro atoms. The van der Waals surface area contributed by atoms with Crippen molar-refractivity contribution in [3.05, 3.63) is 41.5 Å². The molecule has 0 unspecified atom stereocenters. The molecule has 0 atom stereocenters. The molecule has 1 aliphatic carbocycles. The smallest absolute Gasteiger partial charge is 0.0587 e. The van der Waals surface area contributed by atoms with Crippen LogP contribution < -0.4 is 5.32 Å². The van der Waals surface area contributed by atoms with Gasteiger partial charge in [-0.05, 0) is 42.9 Å². The second kappa shape index (κ2) is 8.13. The molecule has 0 radical (unpaired) electrons. The van der Waals surface area contributed by atoms with E-state index >= 15 is 0 Å². The lowest BCUT2D eigenvalue weighted by Gasteiger charge is -2.27. The summed E-state index contributed by atoms with van der Waals surface area (Å²) in [4.78, 5) is 0. The summed E-state index contributed by atoms with van der Waals surface area (Å²) in [5.74, 6) is 0.806. The molecule has 1 fully saturated rings. The van der Waals surface area contributed by atoms with Crippen molar-refractivity contribution in [2.75, 3.05) is 26.8 Å². The maximum absolute atomic E-state index is 5.00. The SMILES string of the molecule is COCCNCC/C=C/c1ccccc1C1CCC1. The van der Waals surface area contributed by atoms with Crippen molar-refractivity contribution in [1.29, 1.82) is 0 Å². The van der Waals surface area contributed by atoms with Crippen LogP contribution in [0.1, 0.15) is 42.7 Å². The third kappa shape index (κ3) is 4.48. The summed E-state index contributed by atoms with van der Waals surface area (Å²) in [7, 11) is 1.74. The fraction of sp³-hybridized carbons (Fsp3) is 0.529. The highest BCUT2D eigenvalue weighted by molar-refractivity contribution is 5.55. The molecule has 0 bridgehead atoms. The Morgan fingerprint density at radius 1 is 1.26 bits per heavy atom. The van der Waals surface area contributed by atoms with Crippen LogP contribution in [0, 0.1) is 0 Å². The fourth-order valence-electron chi connectivity index (χ4n) is 2.45. The van der Waals surface area contributed by atoms with Gasteiger partial charge >= 0.3 is 0 Å². The first-order chi connectivity index (χ1) is 9.42. The molecular formula is C17H25NO. The highest BCUT2D eigenvalue weighted by atomic mass is 16.5. The van der Waals surface area contributed by atoms with Crippen LogP contribution in [0.25, 0.3) is 6.08 Å². The number of hydrogen-bond donors (Lipinski definition) is 1. The lowest BCUT2D eigenvalue weighted by molar-refractivity contribution is 0.199. The average Bonchev–Trinajstić information content (AvgIpc) is 2.37. The van der Waals surface area contributed by atoms with Gasteiger partial charge in [-0.25, -0.2) is 0 Å². The van der Waals surface area contributed by atoms with Crippen LogP contribution in [-0.4, -0.2) is 26.8 Å². The van der Waals surface area contributed by atoms with Crippen molar-refractivity contribution >= 4 is 6.08 Å². The van der Waals surface area contributed by atoms with Gasteiger partial charge in [0.2, 0.25) is 0 Å². The quantitative estimate of drug-likeness (QED) is 0.720. The zero-order chi connectivity index (χ0) is 13.3. The normalized spacial score (nSPS) is 15.8. The molecule has 2 rings (SSSR count). The summed E-state index contributed by atoms with van der Waals surface area (Å²) < 4.78 is 5.00. The molecule has 1 aromatic rings. The Morgan fingerprint density at radius 3 is 2.84 bits per heavy atom. The van der Waals surface area contributed by atoms with E-state index in [1.165, 1.54) is 30.4 Å². The molecular weight excluding hydrogens is 234 g/mol. The number of ether oxygens (including phenoxy) is 1. The van der Waals surface area contributed by atoms with E-state index in [1.54, 1.807) is 7.11 Å². The Bertz CT molecular complexity index is 396. The van der Waals surface area contributed by atoms with Crippen LogP contribution >= 0.6 is 0 Å². The van der Waals surface area contributed by atoms with E-state index in [1.807, 2.05) is 0 Å². The first kappa shape index (κ1) is 14.3. The summed E-state index contributed by atoms with van der Waals surface area (Å²) in [6.07, 6.45) is 9.75. The highest BCUT2D eigenvalue weighted by Gasteiger charge is 2.20. The second-order valence-electron chi connectivity index (χ2n) is 5.19. The molecule has 1 aromatic carbocycles. The van der Waals surface area contributed by atoms with E-state index in [4.69, 9.17) is 4.74 Å². The number of nitrogens with one attached hydrogen (secondary N) is 1. The van der Waals surface area contributed by atoms with Crippen molar-refractivity contribution in [1.82, 2.24) is 5.32 Å². The van der Waals surface area contributed by atoms with Gasteiger partial charge in [-0.3, -0.25) is 0 Å². The minimum Gasteiger partial charge on any atom is -0.383 e. The van der Waals surface area contributed by atoms with Crippen molar-refractivity contribution < 1.29 is 4.74 Å². The van der Waals surface area contributed by atoms with E-state index in [-0.39, 0.29) is 0 Å². The first-order valence-electron chi connectivity index (χ1n) is 7.37. The molecule has 1 aliphatic rings. The largest absolute Gasteiger partial charge is 0.383 e. The van der Waals surface area contributed by atoms with Gasteiger partial charge in [-0.2, -0.15) is 0 Å². The lowest BCUT2D eigenvalue weighted by atomic mass is 9.78. The topological polar surface area (TPSA) is 21.3 Å². The molecule has 2 nitrogen and oxygen atoms in total. The minimum atomic E-state index is 0.786. The van der Waals surface area contributed by atoms with Crippen LogP contribution in [0.4, 0.5) is 0 Å². The van der Waals surface area contributed by atoms with Gasteiger partial charge in [-0.1, -0.05) is 42.8 Å². The first-order valence-corrected chi connectivity index (χ1v) is 7.37. The zero-order valence-corrected chi connectivity index (χ0v) is 11.9. The maximum Gasteiger partial charge on any atom is 0.0587 e. The number of methoxy groups -OCH3 is 1. The van der Waals surface area contributed by atoms with Crippen molar-refractivity contribution in [3.8, 4) is 0 Å². The summed E-state index contributed by atoms with van der Waals surface area (Å²) in [5, 5.41) is 3.36. The lowest BCUT2D eigenvalue weighted by Crippen LogP contribution is -2.19. The number of benzene rings is 1. The van der Waals surface area contributed by atoms with Gasteiger partial charge in [0.1, 0.15) is 0 Å². The van der Waals surface area contributed by atoms with Crippen molar-refractivity contribution in [2.45, 2.75) is 31.6 Å². The van der Waals surface area contributed by atoms with E-state index < -0.39 is 0 Å². The van der Waals surface area contributed by atoms with Gasteiger partial charge < -0.3 is 10.1 Å². The Labute approximate surface area is 116 Å². The van der Waals surface area contributed by atoms with Gasteiger partial charge in [0.05, 0.1) is 6.61 Å². The fourth-order valence-corrected chi connectivity index (χ4v) is 2.45. The molecule has 0 heterocycles. The predicted octanol–water partition coefficient (Wildman–Crippen LogP) is 3.59. The summed E-state index contributed by atoms with van der Waals surface area (Å²) >= 11 is 0. The maximum atomic E-state index is 5.00. The van der Waals surface area contributed by atoms with Gasteiger partial charge in [0.25, 0.3) is 0 Å². The molecule has 0 amide bonds. The third-order valence-electron chi connectivity index (χ3n) is 3.81. The Balaban J connectivity index is 1.78. The van der Waals surface area contributed by atoms with Crippen LogP contribution in [-0.2, 0) is 4.74 Å². The molecule has 104 valence electrons. The molecule has 0 saturated heterocycles. The third-order valence-corrected chi connectivity index (χ3v) is 3.81. The van der Waals surface area contributed by atoms with Crippen LogP contribution in [0.15, 0.2) is 30.3 Å². The Hall–Kier alpha value is -1.12. The van der Waals surface area contributed by atoms with Crippen LogP contribution in [0.5, 0.6) is 0 Å². The minimum absolute atomic E-state index is 0.786. The predicted molar refractivity (Wildman–Crippen MR) is 81.4 cm³/mol. The van der Waals surface area contributed by atoms with Crippen LogP contribution in [0.2, 0.25) is 0 Å². The van der Waals surface area contributed by atoms with Gasteiger partial charge in [-0.15, -0.1) is 0 Å². The van der Waals surface area contributed by atoms with Crippen LogP contribution in [0.3, 0.4) is 0 Å². The van der Waals surface area contributed by atoms with Gasteiger partial charge in [0.15, 0.2) is 0 Å². The Kier molecular flexibility index (Phi) is 6.12. The van der Waals surface area contributed by atoms with E-state index in [0.717, 1.165) is 32.0 Å². The highest BCUT2D eigenvalue weighted by Crippen LogP contribution is 2.38. The molecule has 1 saturated carbocycles. The summed E-state index contributed by atoms with van der Waals surface area (Å²) in [6, 6.07) is 8.83. The summed E-state index contributed by atoms with van der Waals surface area (Å²) in [6.45, 7) is 2.74. The molecule has 0 aromatic heterocycles. The standard InChI is InChI=1S/C17H25NO/c1-19-14-13-18-12-5-4-8-15-7-2-3-11-17(15)16-9-6-10-16/h2-4,7-8,11,16,18H,5-6,9-10,12-14H2,1H3/b8-4+. The molecule has 2 heteroatoms. The van der Waals surface area contributed by atoms with Crippen molar-refractivity contribution in [2.24, 2.45) is 0 Å². The summed E-state index contributed by atoms with van der Waals surface area (Å²) in [5.41, 5.74) is 2.95. The molecule has 19 heavy (non-hydrogen) atoms. The molecule has 0 aliphatic heterocycles.